The molecule has 2 N–H and O–H groups in total. The van der Waals surface area contributed by atoms with Crippen LogP contribution in [-0.4, -0.2) is 11.5 Å². The number of nitrogens with zero attached hydrogens (tertiary/aromatic N) is 1. The summed E-state index contributed by atoms with van der Waals surface area (Å²) in [6, 6.07) is 6.64. The largest absolute Gasteiger partial charge is 0.444 e. The molecule has 0 bridgehead atoms. The Morgan fingerprint density at radius 2 is 1.94 bits per heavy atom. The van der Waals surface area contributed by atoms with Crippen molar-refractivity contribution in [2.75, 3.05) is 6.54 Å². The van der Waals surface area contributed by atoms with Gasteiger partial charge in [-0.25, -0.2) is 4.98 Å². The Labute approximate surface area is 108 Å². The zero-order chi connectivity index (χ0) is 12.8. The average molecular weight is 244 g/mol. The van der Waals surface area contributed by atoms with Gasteiger partial charge in [0.05, 0.1) is 6.20 Å². The van der Waals surface area contributed by atoms with Crippen molar-refractivity contribution in [2.45, 2.75) is 32.6 Å². The Hall–Kier alpha value is -1.61. The molecule has 0 spiro atoms. The normalized spacial score (nSPS) is 10.8. The summed E-state index contributed by atoms with van der Waals surface area (Å²) in [5.74, 6) is 0.835. The predicted octanol–water partition coefficient (Wildman–Crippen LogP) is 3.19. The predicted molar refractivity (Wildman–Crippen MR) is 73.3 cm³/mol. The summed E-state index contributed by atoms with van der Waals surface area (Å²) in [6.45, 7) is 2.93. The summed E-state index contributed by atoms with van der Waals surface area (Å²) in [5.41, 5.74) is 9.38. The highest BCUT2D eigenvalue weighted by molar-refractivity contribution is 5.58. The van der Waals surface area contributed by atoms with Gasteiger partial charge in [-0.2, -0.15) is 0 Å². The number of aryl methyl sites for hydroxylation is 2. The Kier molecular flexibility index (Phi) is 4.53. The highest BCUT2D eigenvalue weighted by atomic mass is 16.3. The second kappa shape index (κ2) is 6.36. The fraction of sp³-hybridized carbons (Fsp3) is 0.400. The summed E-state index contributed by atoms with van der Waals surface area (Å²) in [5, 5.41) is 0. The maximum atomic E-state index is 5.58. The minimum Gasteiger partial charge on any atom is -0.444 e. The van der Waals surface area contributed by atoms with Gasteiger partial charge in [-0.1, -0.05) is 19.4 Å². The molecule has 0 unspecified atom stereocenters. The van der Waals surface area contributed by atoms with E-state index in [1.165, 1.54) is 17.5 Å². The van der Waals surface area contributed by atoms with Gasteiger partial charge in [0.1, 0.15) is 0 Å². The first kappa shape index (κ1) is 12.8. The zero-order valence-corrected chi connectivity index (χ0v) is 10.9. The molecule has 3 heteroatoms. The van der Waals surface area contributed by atoms with Crippen LogP contribution in [0.5, 0.6) is 0 Å². The van der Waals surface area contributed by atoms with E-state index >= 15 is 0 Å². The third kappa shape index (κ3) is 3.20. The van der Waals surface area contributed by atoms with Crippen molar-refractivity contribution in [2.24, 2.45) is 5.73 Å². The van der Waals surface area contributed by atoms with Crippen LogP contribution in [0.1, 0.15) is 30.9 Å². The second-order valence-corrected chi connectivity index (χ2v) is 4.55. The molecule has 2 rings (SSSR count). The molecule has 0 saturated heterocycles. The van der Waals surface area contributed by atoms with Gasteiger partial charge in [-0.05, 0) is 49.1 Å². The van der Waals surface area contributed by atoms with Crippen LogP contribution in [0.4, 0.5) is 0 Å². The SMILES string of the molecule is CCCc1cc(CCCN)cc(-c2cnco2)c1. The lowest BCUT2D eigenvalue weighted by Crippen LogP contribution is -2.01. The first-order valence-electron chi connectivity index (χ1n) is 6.55. The van der Waals surface area contributed by atoms with E-state index in [1.807, 2.05) is 0 Å². The van der Waals surface area contributed by atoms with Crippen LogP contribution in [0.3, 0.4) is 0 Å². The number of rotatable bonds is 6. The molecule has 1 aromatic heterocycles. The smallest absolute Gasteiger partial charge is 0.181 e. The van der Waals surface area contributed by atoms with E-state index < -0.39 is 0 Å². The minimum absolute atomic E-state index is 0.732. The number of hydrogen-bond acceptors (Lipinski definition) is 3. The van der Waals surface area contributed by atoms with Crippen LogP contribution < -0.4 is 5.73 Å². The van der Waals surface area contributed by atoms with E-state index in [0.717, 1.165) is 43.6 Å². The van der Waals surface area contributed by atoms with Gasteiger partial charge in [0.15, 0.2) is 12.2 Å². The van der Waals surface area contributed by atoms with Gasteiger partial charge in [-0.3, -0.25) is 0 Å². The fourth-order valence-corrected chi connectivity index (χ4v) is 2.15. The van der Waals surface area contributed by atoms with Crippen LogP contribution in [0.15, 0.2) is 35.2 Å². The lowest BCUT2D eigenvalue weighted by atomic mass is 9.99. The molecular formula is C15H20N2O. The van der Waals surface area contributed by atoms with E-state index in [0.29, 0.717) is 0 Å². The number of hydrogen-bond donors (Lipinski definition) is 1. The Balaban J connectivity index is 2.30. The fourth-order valence-electron chi connectivity index (χ4n) is 2.15. The van der Waals surface area contributed by atoms with Gasteiger partial charge >= 0.3 is 0 Å². The van der Waals surface area contributed by atoms with Crippen molar-refractivity contribution >= 4 is 0 Å². The molecule has 0 aliphatic rings. The molecule has 0 fully saturated rings. The van der Waals surface area contributed by atoms with Crippen molar-refractivity contribution in [1.29, 1.82) is 0 Å². The van der Waals surface area contributed by atoms with Crippen molar-refractivity contribution in [3.05, 3.63) is 41.9 Å². The number of aromatic nitrogens is 1. The third-order valence-electron chi connectivity index (χ3n) is 2.98. The second-order valence-electron chi connectivity index (χ2n) is 4.55. The van der Waals surface area contributed by atoms with Gasteiger partial charge < -0.3 is 10.2 Å². The highest BCUT2D eigenvalue weighted by Gasteiger charge is 2.05. The molecule has 0 aliphatic heterocycles. The quantitative estimate of drug-likeness (QED) is 0.849. The molecule has 1 heterocycles. The van der Waals surface area contributed by atoms with E-state index in [2.05, 4.69) is 30.1 Å². The van der Waals surface area contributed by atoms with E-state index in [9.17, 15) is 0 Å². The molecule has 3 nitrogen and oxygen atoms in total. The molecule has 96 valence electrons. The lowest BCUT2D eigenvalue weighted by molar-refractivity contribution is 0.572. The van der Waals surface area contributed by atoms with Gasteiger partial charge in [0.2, 0.25) is 0 Å². The topological polar surface area (TPSA) is 52.0 Å². The van der Waals surface area contributed by atoms with Gasteiger partial charge in [0, 0.05) is 5.56 Å². The standard InChI is InChI=1S/C15H20N2O/c1-2-4-12-7-13(5-3-6-16)9-14(8-12)15-10-17-11-18-15/h7-11H,2-6,16H2,1H3. The molecule has 0 aliphatic carbocycles. The van der Waals surface area contributed by atoms with Crippen LogP contribution in [-0.2, 0) is 12.8 Å². The van der Waals surface area contributed by atoms with Crippen LogP contribution in [0, 0.1) is 0 Å². The number of nitrogens with two attached hydrogens (primary N) is 1. The van der Waals surface area contributed by atoms with Crippen molar-refractivity contribution < 1.29 is 4.42 Å². The van der Waals surface area contributed by atoms with Crippen LogP contribution >= 0.6 is 0 Å². The average Bonchev–Trinajstić information content (AvgIpc) is 2.90. The third-order valence-corrected chi connectivity index (χ3v) is 2.98. The maximum Gasteiger partial charge on any atom is 0.181 e. The molecular weight excluding hydrogens is 224 g/mol. The highest BCUT2D eigenvalue weighted by Crippen LogP contribution is 2.23. The minimum atomic E-state index is 0.732. The molecule has 0 amide bonds. The lowest BCUT2D eigenvalue weighted by Gasteiger charge is -2.07. The summed E-state index contributed by atoms with van der Waals surface area (Å²) >= 11 is 0. The summed E-state index contributed by atoms with van der Waals surface area (Å²) in [4.78, 5) is 3.98. The van der Waals surface area contributed by atoms with Gasteiger partial charge in [0.25, 0.3) is 0 Å². The monoisotopic (exact) mass is 244 g/mol. The van der Waals surface area contributed by atoms with Crippen molar-refractivity contribution in [3.63, 3.8) is 0 Å². The molecule has 0 radical (unpaired) electrons. The molecule has 0 saturated carbocycles. The van der Waals surface area contributed by atoms with Crippen LogP contribution in [0.25, 0.3) is 11.3 Å². The molecule has 1 aromatic carbocycles. The maximum absolute atomic E-state index is 5.58. The van der Waals surface area contributed by atoms with Crippen LogP contribution in [0.2, 0.25) is 0 Å². The van der Waals surface area contributed by atoms with Crippen molar-refractivity contribution in [3.8, 4) is 11.3 Å². The van der Waals surface area contributed by atoms with Crippen molar-refractivity contribution in [1.82, 2.24) is 4.98 Å². The number of benzene rings is 1. The summed E-state index contributed by atoms with van der Waals surface area (Å²) in [7, 11) is 0. The van der Waals surface area contributed by atoms with Gasteiger partial charge in [-0.15, -0.1) is 0 Å². The first-order valence-corrected chi connectivity index (χ1v) is 6.55. The molecule has 2 aromatic rings. The molecule has 18 heavy (non-hydrogen) atoms. The van der Waals surface area contributed by atoms with E-state index in [1.54, 1.807) is 6.20 Å². The Morgan fingerprint density at radius 3 is 2.56 bits per heavy atom. The van der Waals surface area contributed by atoms with E-state index in [-0.39, 0.29) is 0 Å². The van der Waals surface area contributed by atoms with E-state index in [4.69, 9.17) is 10.2 Å². The summed E-state index contributed by atoms with van der Waals surface area (Å²) in [6.07, 6.45) is 7.52. The molecule has 0 atom stereocenters. The Bertz CT molecular complexity index is 477. The zero-order valence-electron chi connectivity index (χ0n) is 10.9. The summed E-state index contributed by atoms with van der Waals surface area (Å²) < 4.78 is 5.38. The first-order chi connectivity index (χ1) is 8.83. The Morgan fingerprint density at radius 1 is 1.17 bits per heavy atom. The number of oxazole rings is 1.